The summed E-state index contributed by atoms with van der Waals surface area (Å²) in [7, 11) is 1.68. The third-order valence-electron chi connectivity index (χ3n) is 5.30. The van der Waals surface area contributed by atoms with E-state index in [0.29, 0.717) is 35.1 Å². The monoisotopic (exact) mass is 400 g/mol. The summed E-state index contributed by atoms with van der Waals surface area (Å²) < 4.78 is 1.49. The van der Waals surface area contributed by atoms with Gasteiger partial charge >= 0.3 is 0 Å². The fourth-order valence-electron chi connectivity index (χ4n) is 3.49. The van der Waals surface area contributed by atoms with Crippen molar-refractivity contribution in [1.82, 2.24) is 19.9 Å². The highest BCUT2D eigenvalue weighted by atomic mass is 35.5. The lowest BCUT2D eigenvalue weighted by molar-refractivity contribution is -0.120. The molecule has 1 amide bonds. The molecule has 0 fully saturated rings. The van der Waals surface area contributed by atoms with Crippen LogP contribution in [0.2, 0.25) is 5.02 Å². The molecule has 0 radical (unpaired) electrons. The molecule has 6 nitrogen and oxygen atoms in total. The average molecular weight is 401 g/mol. The molecule has 7 heteroatoms. The summed E-state index contributed by atoms with van der Waals surface area (Å²) >= 11 is 6.41. The fraction of sp³-hybridized carbons (Fsp3) is 0.381. The number of nitrogens with zero attached hydrogens (tertiary/aromatic N) is 2. The second-order valence-electron chi connectivity index (χ2n) is 7.21. The molecule has 148 valence electrons. The van der Waals surface area contributed by atoms with Crippen molar-refractivity contribution >= 4 is 28.4 Å². The number of aromatic amines is 1. The summed E-state index contributed by atoms with van der Waals surface area (Å²) in [5.41, 5.74) is 5.28. The molecule has 0 spiro atoms. The maximum atomic E-state index is 12.4. The van der Waals surface area contributed by atoms with Crippen LogP contribution >= 0.6 is 11.6 Å². The molecule has 28 heavy (non-hydrogen) atoms. The van der Waals surface area contributed by atoms with E-state index >= 15 is 0 Å². The van der Waals surface area contributed by atoms with Gasteiger partial charge in [0.1, 0.15) is 5.82 Å². The average Bonchev–Trinajstić information content (AvgIpc) is 2.99. The molecular formula is C21H25ClN4O2. The first kappa shape index (κ1) is 20.1. The molecule has 0 saturated heterocycles. The zero-order valence-electron chi connectivity index (χ0n) is 16.9. The van der Waals surface area contributed by atoms with Crippen molar-refractivity contribution < 1.29 is 4.79 Å². The number of rotatable bonds is 5. The van der Waals surface area contributed by atoms with Crippen molar-refractivity contribution in [3.05, 3.63) is 61.4 Å². The first-order valence-electron chi connectivity index (χ1n) is 9.26. The van der Waals surface area contributed by atoms with Crippen molar-refractivity contribution in [3.63, 3.8) is 0 Å². The Bertz CT molecular complexity index is 1130. The van der Waals surface area contributed by atoms with Crippen LogP contribution in [-0.4, -0.2) is 27.0 Å². The molecule has 3 rings (SSSR count). The molecule has 0 atom stereocenters. The Labute approximate surface area is 168 Å². The smallest absolute Gasteiger partial charge is 0.256 e. The maximum absolute atomic E-state index is 12.4. The lowest BCUT2D eigenvalue weighted by atomic mass is 10.1. The van der Waals surface area contributed by atoms with Gasteiger partial charge in [0.05, 0.1) is 22.7 Å². The Kier molecular flexibility index (Phi) is 5.61. The minimum absolute atomic E-state index is 0.0927. The normalized spacial score (nSPS) is 11.2. The van der Waals surface area contributed by atoms with Gasteiger partial charge in [0.25, 0.3) is 5.56 Å². The topological polar surface area (TPSA) is 79.8 Å². The van der Waals surface area contributed by atoms with Crippen LogP contribution in [0.1, 0.15) is 33.9 Å². The van der Waals surface area contributed by atoms with E-state index < -0.39 is 0 Å². The van der Waals surface area contributed by atoms with Crippen LogP contribution < -0.4 is 10.9 Å². The summed E-state index contributed by atoms with van der Waals surface area (Å²) in [5.74, 6) is 0.445. The highest BCUT2D eigenvalue weighted by Crippen LogP contribution is 2.31. The molecule has 1 aromatic carbocycles. The third kappa shape index (κ3) is 3.69. The van der Waals surface area contributed by atoms with Gasteiger partial charge < -0.3 is 10.3 Å². The number of amides is 1. The van der Waals surface area contributed by atoms with Gasteiger partial charge in [0.15, 0.2) is 0 Å². The predicted molar refractivity (Wildman–Crippen MR) is 112 cm³/mol. The van der Waals surface area contributed by atoms with Crippen LogP contribution in [0.3, 0.4) is 0 Å². The molecule has 2 heterocycles. The van der Waals surface area contributed by atoms with Crippen molar-refractivity contribution in [1.29, 1.82) is 0 Å². The Morgan fingerprint density at radius 1 is 1.25 bits per heavy atom. The van der Waals surface area contributed by atoms with E-state index in [1.165, 1.54) is 4.57 Å². The number of nitrogens with one attached hydrogen (secondary N) is 2. The van der Waals surface area contributed by atoms with Gasteiger partial charge in [-0.2, -0.15) is 0 Å². The summed E-state index contributed by atoms with van der Waals surface area (Å²) in [6.07, 6.45) is 0.762. The summed E-state index contributed by atoms with van der Waals surface area (Å²) in [4.78, 5) is 32.3. The van der Waals surface area contributed by atoms with Gasteiger partial charge in [0, 0.05) is 30.2 Å². The number of hydrogen-bond donors (Lipinski definition) is 2. The molecule has 0 unspecified atom stereocenters. The number of aromatic nitrogens is 3. The molecule has 0 saturated carbocycles. The Hall–Kier alpha value is -2.60. The fourth-order valence-corrected chi connectivity index (χ4v) is 3.76. The largest absolute Gasteiger partial charge is 0.358 e. The van der Waals surface area contributed by atoms with Gasteiger partial charge in [-0.1, -0.05) is 17.7 Å². The molecule has 0 aliphatic rings. The van der Waals surface area contributed by atoms with E-state index in [2.05, 4.69) is 15.3 Å². The standard InChI is InChI=1S/C21H25ClN4O2/c1-11-6-7-16(22)19-15(13(3)24-20(11)19)8-9-23-18(27)10-17-12(2)21(28)26(5)14(4)25-17/h6-7,24H,8-10H2,1-5H3,(H,23,27). The molecule has 0 aliphatic carbocycles. The highest BCUT2D eigenvalue weighted by molar-refractivity contribution is 6.35. The number of H-pyrrole nitrogens is 1. The first-order chi connectivity index (χ1) is 13.2. The molecule has 0 bridgehead atoms. The van der Waals surface area contributed by atoms with Crippen LogP contribution in [0.5, 0.6) is 0 Å². The number of fused-ring (bicyclic) bond motifs is 1. The molecule has 2 aromatic heterocycles. The van der Waals surface area contributed by atoms with E-state index in [4.69, 9.17) is 11.6 Å². The van der Waals surface area contributed by atoms with Crippen LogP contribution in [-0.2, 0) is 24.7 Å². The summed E-state index contributed by atoms with van der Waals surface area (Å²) in [5, 5.41) is 4.66. The zero-order chi connectivity index (χ0) is 20.6. The first-order valence-corrected chi connectivity index (χ1v) is 9.64. The maximum Gasteiger partial charge on any atom is 0.256 e. The summed E-state index contributed by atoms with van der Waals surface area (Å²) in [6.45, 7) is 8.01. The minimum atomic E-state index is -0.150. The van der Waals surface area contributed by atoms with Gasteiger partial charge in [0.2, 0.25) is 5.91 Å². The van der Waals surface area contributed by atoms with Crippen molar-refractivity contribution in [3.8, 4) is 0 Å². The van der Waals surface area contributed by atoms with E-state index in [0.717, 1.165) is 27.7 Å². The summed E-state index contributed by atoms with van der Waals surface area (Å²) in [6, 6.07) is 3.90. The minimum Gasteiger partial charge on any atom is -0.358 e. The molecular weight excluding hydrogens is 376 g/mol. The number of carbonyl (C=O) groups is 1. The lowest BCUT2D eigenvalue weighted by Crippen LogP contribution is -2.31. The van der Waals surface area contributed by atoms with Crippen molar-refractivity contribution in [2.45, 2.75) is 40.5 Å². The second kappa shape index (κ2) is 7.80. The third-order valence-corrected chi connectivity index (χ3v) is 5.61. The van der Waals surface area contributed by atoms with Crippen LogP contribution in [0, 0.1) is 27.7 Å². The molecule has 0 aliphatic heterocycles. The Morgan fingerprint density at radius 3 is 2.68 bits per heavy atom. The zero-order valence-corrected chi connectivity index (χ0v) is 17.6. The number of halogens is 1. The van der Waals surface area contributed by atoms with E-state index in [1.54, 1.807) is 20.9 Å². The van der Waals surface area contributed by atoms with Gasteiger partial charge in [-0.3, -0.25) is 14.2 Å². The molecule has 2 N–H and O–H groups in total. The number of aryl methyl sites for hydroxylation is 3. The van der Waals surface area contributed by atoms with Crippen LogP contribution in [0.15, 0.2) is 16.9 Å². The number of carbonyl (C=O) groups excluding carboxylic acids is 1. The van der Waals surface area contributed by atoms with E-state index in [9.17, 15) is 9.59 Å². The van der Waals surface area contributed by atoms with Crippen LogP contribution in [0.4, 0.5) is 0 Å². The lowest BCUT2D eigenvalue weighted by Gasteiger charge is -2.10. The Morgan fingerprint density at radius 2 is 1.96 bits per heavy atom. The van der Waals surface area contributed by atoms with Crippen molar-refractivity contribution in [2.24, 2.45) is 7.05 Å². The van der Waals surface area contributed by atoms with Gasteiger partial charge in [-0.25, -0.2) is 4.98 Å². The molecule has 3 aromatic rings. The van der Waals surface area contributed by atoms with Crippen molar-refractivity contribution in [2.75, 3.05) is 6.54 Å². The highest BCUT2D eigenvalue weighted by Gasteiger charge is 2.15. The quantitative estimate of drug-likeness (QED) is 0.690. The number of hydrogen-bond acceptors (Lipinski definition) is 3. The van der Waals surface area contributed by atoms with E-state index in [1.807, 2.05) is 26.0 Å². The second-order valence-corrected chi connectivity index (χ2v) is 7.62. The van der Waals surface area contributed by atoms with Gasteiger partial charge in [-0.15, -0.1) is 0 Å². The Balaban J connectivity index is 1.71. The van der Waals surface area contributed by atoms with Crippen LogP contribution in [0.25, 0.3) is 10.9 Å². The predicted octanol–water partition coefficient (Wildman–Crippen LogP) is 3.05. The number of benzene rings is 1. The van der Waals surface area contributed by atoms with E-state index in [-0.39, 0.29) is 17.9 Å². The van der Waals surface area contributed by atoms with Gasteiger partial charge in [-0.05, 0) is 51.3 Å². The SMILES string of the molecule is Cc1[nH]c2c(C)ccc(Cl)c2c1CCNC(=O)Cc1nc(C)n(C)c(=O)c1C.